The lowest BCUT2D eigenvalue weighted by Crippen LogP contribution is -2.14. The predicted octanol–water partition coefficient (Wildman–Crippen LogP) is 2.78. The van der Waals surface area contributed by atoms with Gasteiger partial charge >= 0.3 is 5.97 Å². The lowest BCUT2D eigenvalue weighted by Gasteiger charge is -2.14. The van der Waals surface area contributed by atoms with Crippen LogP contribution in [0.3, 0.4) is 0 Å². The molecule has 84 valence electrons. The van der Waals surface area contributed by atoms with Crippen LogP contribution in [0.4, 0.5) is 0 Å². The fraction of sp³-hybridized carbons (Fsp3) is 0.583. The Balaban J connectivity index is 2.92. The van der Waals surface area contributed by atoms with Crippen molar-refractivity contribution in [1.29, 1.82) is 0 Å². The van der Waals surface area contributed by atoms with Crippen molar-refractivity contribution in [1.82, 2.24) is 4.57 Å². The van der Waals surface area contributed by atoms with Crippen LogP contribution in [0.1, 0.15) is 44.0 Å². The highest BCUT2D eigenvalue weighted by atomic mass is 16.4. The fourth-order valence-electron chi connectivity index (χ4n) is 1.95. The van der Waals surface area contributed by atoms with E-state index in [4.69, 9.17) is 5.11 Å². The predicted molar refractivity (Wildman–Crippen MR) is 60.1 cm³/mol. The standard InChI is InChI=1S/C12H19NO2/c1-4-5-9(2)11-7-6-10(3)13(11)8-12(14)15/h6-7,9H,4-5,8H2,1-3H3,(H,14,15). The Bertz CT molecular complexity index is 341. The van der Waals surface area contributed by atoms with E-state index in [2.05, 4.69) is 13.8 Å². The Hall–Kier alpha value is -1.25. The van der Waals surface area contributed by atoms with Crippen molar-refractivity contribution in [2.45, 2.75) is 46.1 Å². The van der Waals surface area contributed by atoms with Gasteiger partial charge in [-0.2, -0.15) is 0 Å². The molecular weight excluding hydrogens is 190 g/mol. The van der Waals surface area contributed by atoms with Crippen LogP contribution in [-0.4, -0.2) is 15.6 Å². The second kappa shape index (κ2) is 5.01. The molecule has 0 saturated carbocycles. The number of carbonyl (C=O) groups is 1. The molecule has 1 atom stereocenters. The first-order valence-electron chi connectivity index (χ1n) is 5.44. The molecule has 1 heterocycles. The van der Waals surface area contributed by atoms with E-state index in [1.807, 2.05) is 23.6 Å². The zero-order valence-electron chi connectivity index (χ0n) is 9.66. The molecule has 1 aromatic rings. The van der Waals surface area contributed by atoms with Gasteiger partial charge in [0.15, 0.2) is 0 Å². The average Bonchev–Trinajstić information content (AvgIpc) is 2.48. The number of carboxylic acids is 1. The normalized spacial score (nSPS) is 12.7. The van der Waals surface area contributed by atoms with Crippen LogP contribution >= 0.6 is 0 Å². The third-order valence-corrected chi connectivity index (χ3v) is 2.75. The first kappa shape index (κ1) is 11.8. The van der Waals surface area contributed by atoms with Crippen LogP contribution in [0, 0.1) is 6.92 Å². The molecule has 1 aromatic heterocycles. The number of carboxylic acid groups (broad SMARTS) is 1. The number of nitrogens with zero attached hydrogens (tertiary/aromatic N) is 1. The van der Waals surface area contributed by atoms with Gasteiger partial charge in [-0.25, -0.2) is 0 Å². The smallest absolute Gasteiger partial charge is 0.323 e. The number of aryl methyl sites for hydroxylation is 1. The summed E-state index contributed by atoms with van der Waals surface area (Å²) in [4.78, 5) is 10.7. The Kier molecular flexibility index (Phi) is 3.95. The van der Waals surface area contributed by atoms with Gasteiger partial charge in [0.25, 0.3) is 0 Å². The first-order valence-corrected chi connectivity index (χ1v) is 5.44. The molecule has 0 saturated heterocycles. The van der Waals surface area contributed by atoms with Crippen LogP contribution in [0.2, 0.25) is 0 Å². The summed E-state index contributed by atoms with van der Waals surface area (Å²) in [5, 5.41) is 8.83. The Morgan fingerprint density at radius 3 is 2.73 bits per heavy atom. The Labute approximate surface area is 90.7 Å². The molecular formula is C12H19NO2. The van der Waals surface area contributed by atoms with Gasteiger partial charge in [-0.1, -0.05) is 20.3 Å². The molecule has 0 amide bonds. The Morgan fingerprint density at radius 1 is 1.53 bits per heavy atom. The molecule has 0 spiro atoms. The highest BCUT2D eigenvalue weighted by molar-refractivity contribution is 5.66. The van der Waals surface area contributed by atoms with Crippen molar-refractivity contribution < 1.29 is 9.90 Å². The quantitative estimate of drug-likeness (QED) is 0.810. The molecule has 3 heteroatoms. The van der Waals surface area contributed by atoms with Crippen LogP contribution in [0.25, 0.3) is 0 Å². The molecule has 1 unspecified atom stereocenters. The van der Waals surface area contributed by atoms with Gasteiger partial charge in [-0.3, -0.25) is 4.79 Å². The molecule has 0 aliphatic rings. The summed E-state index contributed by atoms with van der Waals surface area (Å²) in [6, 6.07) is 4.03. The van der Waals surface area contributed by atoms with Gasteiger partial charge in [0.05, 0.1) is 0 Å². The molecule has 3 nitrogen and oxygen atoms in total. The summed E-state index contributed by atoms with van der Waals surface area (Å²) in [5.41, 5.74) is 2.16. The second-order valence-corrected chi connectivity index (χ2v) is 4.07. The van der Waals surface area contributed by atoms with Crippen molar-refractivity contribution in [2.75, 3.05) is 0 Å². The molecule has 15 heavy (non-hydrogen) atoms. The summed E-state index contributed by atoms with van der Waals surface area (Å²) in [6.45, 7) is 6.32. The van der Waals surface area contributed by atoms with Gasteiger partial charge in [-0.05, 0) is 31.4 Å². The zero-order valence-corrected chi connectivity index (χ0v) is 9.66. The van der Waals surface area contributed by atoms with Gasteiger partial charge in [-0.15, -0.1) is 0 Å². The molecule has 0 aliphatic heterocycles. The molecule has 0 radical (unpaired) electrons. The van der Waals surface area contributed by atoms with E-state index >= 15 is 0 Å². The van der Waals surface area contributed by atoms with E-state index < -0.39 is 5.97 Å². The number of aliphatic carboxylic acids is 1. The number of aromatic nitrogens is 1. The van der Waals surface area contributed by atoms with Crippen LogP contribution in [-0.2, 0) is 11.3 Å². The van der Waals surface area contributed by atoms with Crippen molar-refractivity contribution in [3.05, 3.63) is 23.5 Å². The van der Waals surface area contributed by atoms with Crippen LogP contribution in [0.5, 0.6) is 0 Å². The van der Waals surface area contributed by atoms with Gasteiger partial charge in [0.2, 0.25) is 0 Å². The molecule has 1 rings (SSSR count). The van der Waals surface area contributed by atoms with E-state index in [-0.39, 0.29) is 6.54 Å². The lowest BCUT2D eigenvalue weighted by atomic mass is 10.0. The highest BCUT2D eigenvalue weighted by Crippen LogP contribution is 2.22. The monoisotopic (exact) mass is 209 g/mol. The number of hydrogen-bond donors (Lipinski definition) is 1. The van der Waals surface area contributed by atoms with Crippen LogP contribution < -0.4 is 0 Å². The number of hydrogen-bond acceptors (Lipinski definition) is 1. The topological polar surface area (TPSA) is 42.2 Å². The summed E-state index contributed by atoms with van der Waals surface area (Å²) in [6.07, 6.45) is 2.22. The van der Waals surface area contributed by atoms with Crippen LogP contribution in [0.15, 0.2) is 12.1 Å². The maximum Gasteiger partial charge on any atom is 0.323 e. The van der Waals surface area contributed by atoms with E-state index in [1.165, 1.54) is 0 Å². The van der Waals surface area contributed by atoms with Crippen molar-refractivity contribution >= 4 is 5.97 Å². The van der Waals surface area contributed by atoms with Crippen molar-refractivity contribution in [3.8, 4) is 0 Å². The van der Waals surface area contributed by atoms with Crippen molar-refractivity contribution in [2.24, 2.45) is 0 Å². The summed E-state index contributed by atoms with van der Waals surface area (Å²) >= 11 is 0. The van der Waals surface area contributed by atoms with E-state index in [9.17, 15) is 4.79 Å². The third-order valence-electron chi connectivity index (χ3n) is 2.75. The minimum absolute atomic E-state index is 0.0716. The highest BCUT2D eigenvalue weighted by Gasteiger charge is 2.13. The fourth-order valence-corrected chi connectivity index (χ4v) is 1.95. The van der Waals surface area contributed by atoms with E-state index in [0.717, 1.165) is 24.2 Å². The third kappa shape index (κ3) is 2.85. The lowest BCUT2D eigenvalue weighted by molar-refractivity contribution is -0.137. The molecule has 0 aromatic carbocycles. The first-order chi connectivity index (χ1) is 7.06. The largest absolute Gasteiger partial charge is 0.480 e. The Morgan fingerprint density at radius 2 is 2.20 bits per heavy atom. The molecule has 1 N–H and O–H groups in total. The summed E-state index contributed by atoms with van der Waals surface area (Å²) in [7, 11) is 0. The summed E-state index contributed by atoms with van der Waals surface area (Å²) in [5.74, 6) is -0.345. The minimum atomic E-state index is -0.778. The maximum atomic E-state index is 10.7. The minimum Gasteiger partial charge on any atom is -0.480 e. The van der Waals surface area contributed by atoms with Gasteiger partial charge < -0.3 is 9.67 Å². The molecule has 0 fully saturated rings. The summed E-state index contributed by atoms with van der Waals surface area (Å²) < 4.78 is 1.89. The van der Waals surface area contributed by atoms with E-state index in [1.54, 1.807) is 0 Å². The van der Waals surface area contributed by atoms with Gasteiger partial charge in [0, 0.05) is 11.4 Å². The average molecular weight is 209 g/mol. The van der Waals surface area contributed by atoms with E-state index in [0.29, 0.717) is 5.92 Å². The maximum absolute atomic E-state index is 10.7. The molecule has 0 aliphatic carbocycles. The SMILES string of the molecule is CCCC(C)c1ccc(C)n1CC(=O)O. The van der Waals surface area contributed by atoms with Gasteiger partial charge in [0.1, 0.15) is 6.54 Å². The van der Waals surface area contributed by atoms with Crippen molar-refractivity contribution in [3.63, 3.8) is 0 Å². The molecule has 0 bridgehead atoms. The second-order valence-electron chi connectivity index (χ2n) is 4.07. The zero-order chi connectivity index (χ0) is 11.4. The number of rotatable bonds is 5.